The zero-order valence-corrected chi connectivity index (χ0v) is 12.8. The van der Waals surface area contributed by atoms with Crippen LogP contribution in [0.4, 0.5) is 0 Å². The third-order valence-electron chi connectivity index (χ3n) is 2.87. The smallest absolute Gasteiger partial charge is 0.248 e. The summed E-state index contributed by atoms with van der Waals surface area (Å²) < 4.78 is 6.43. The summed E-state index contributed by atoms with van der Waals surface area (Å²) in [6.07, 6.45) is 0. The Morgan fingerprint density at radius 1 is 1.40 bits per heavy atom. The van der Waals surface area contributed by atoms with Crippen LogP contribution in [0.1, 0.15) is 19.7 Å². The molecule has 1 heterocycles. The van der Waals surface area contributed by atoms with Gasteiger partial charge in [0.1, 0.15) is 0 Å². The molecule has 0 aliphatic carbocycles. The second-order valence-corrected chi connectivity index (χ2v) is 5.68. The number of benzene rings is 1. The van der Waals surface area contributed by atoms with Crippen LogP contribution in [0.2, 0.25) is 0 Å². The molecule has 0 aliphatic heterocycles. The van der Waals surface area contributed by atoms with Crippen LogP contribution in [-0.4, -0.2) is 21.6 Å². The molecule has 1 aromatic carbocycles. The van der Waals surface area contributed by atoms with Crippen LogP contribution in [0.15, 0.2) is 33.2 Å². The number of aromatic nitrogens is 2. The molecule has 3 N–H and O–H groups in total. The molecular formula is C13H15BrN4O2. The Morgan fingerprint density at radius 3 is 2.75 bits per heavy atom. The molecule has 2 aromatic rings. The molecule has 7 heteroatoms. The molecule has 106 valence electrons. The van der Waals surface area contributed by atoms with Gasteiger partial charge in [-0.3, -0.25) is 10.1 Å². The predicted molar refractivity (Wildman–Crippen MR) is 77.5 cm³/mol. The van der Waals surface area contributed by atoms with Crippen LogP contribution in [-0.2, 0) is 11.3 Å². The first-order valence-electron chi connectivity index (χ1n) is 6.02. The summed E-state index contributed by atoms with van der Waals surface area (Å²) in [6, 6.07) is 7.57. The van der Waals surface area contributed by atoms with Gasteiger partial charge in [-0.05, 0) is 41.9 Å². The highest BCUT2D eigenvalue weighted by atomic mass is 79.9. The summed E-state index contributed by atoms with van der Waals surface area (Å²) >= 11 is 3.43. The molecular weight excluding hydrogens is 324 g/mol. The minimum absolute atomic E-state index is 0.271. The van der Waals surface area contributed by atoms with Crippen molar-refractivity contribution >= 4 is 21.8 Å². The molecule has 0 radical (unpaired) electrons. The quantitative estimate of drug-likeness (QED) is 0.867. The zero-order valence-electron chi connectivity index (χ0n) is 11.2. The maximum atomic E-state index is 11.2. The average Bonchev–Trinajstić information content (AvgIpc) is 2.85. The van der Waals surface area contributed by atoms with Crippen molar-refractivity contribution in [3.8, 4) is 11.5 Å². The van der Waals surface area contributed by atoms with E-state index in [0.29, 0.717) is 11.8 Å². The van der Waals surface area contributed by atoms with Crippen LogP contribution in [0.3, 0.4) is 0 Å². The van der Waals surface area contributed by atoms with Crippen LogP contribution in [0, 0.1) is 0 Å². The summed E-state index contributed by atoms with van der Waals surface area (Å²) in [6.45, 7) is 3.66. The second-order valence-electron chi connectivity index (χ2n) is 4.82. The number of primary amides is 1. The van der Waals surface area contributed by atoms with Gasteiger partial charge in [0, 0.05) is 4.47 Å². The Hall–Kier alpha value is -1.73. The molecule has 0 saturated carbocycles. The lowest BCUT2D eigenvalue weighted by molar-refractivity contribution is -0.123. The van der Waals surface area contributed by atoms with Gasteiger partial charge in [-0.2, -0.15) is 0 Å². The van der Waals surface area contributed by atoms with Gasteiger partial charge in [-0.1, -0.05) is 12.1 Å². The molecule has 0 bridgehead atoms. The minimum Gasteiger partial charge on any atom is -0.419 e. The van der Waals surface area contributed by atoms with Crippen molar-refractivity contribution in [3.05, 3.63) is 34.6 Å². The zero-order chi connectivity index (χ0) is 14.8. The van der Waals surface area contributed by atoms with Crippen molar-refractivity contribution in [2.75, 3.05) is 0 Å². The number of carbonyl (C=O) groups is 1. The van der Waals surface area contributed by atoms with Crippen LogP contribution >= 0.6 is 15.9 Å². The number of nitrogens with two attached hydrogens (primary N) is 1. The van der Waals surface area contributed by atoms with Crippen molar-refractivity contribution in [1.29, 1.82) is 0 Å². The highest BCUT2D eigenvalue weighted by Gasteiger charge is 2.24. The third kappa shape index (κ3) is 3.23. The van der Waals surface area contributed by atoms with Crippen LogP contribution < -0.4 is 11.1 Å². The van der Waals surface area contributed by atoms with Gasteiger partial charge >= 0.3 is 0 Å². The van der Waals surface area contributed by atoms with Crippen molar-refractivity contribution in [2.24, 2.45) is 5.73 Å². The molecule has 0 fully saturated rings. The first-order valence-corrected chi connectivity index (χ1v) is 6.81. The fourth-order valence-electron chi connectivity index (χ4n) is 1.45. The number of carbonyl (C=O) groups excluding carboxylic acids is 1. The summed E-state index contributed by atoms with van der Waals surface area (Å²) in [5.41, 5.74) is 5.26. The maximum Gasteiger partial charge on any atom is 0.248 e. The SMILES string of the molecule is CC(C)(NCc1nnc(-c2ccccc2Br)o1)C(N)=O. The van der Waals surface area contributed by atoms with Gasteiger partial charge in [0.2, 0.25) is 17.7 Å². The second kappa shape index (κ2) is 5.72. The van der Waals surface area contributed by atoms with Crippen molar-refractivity contribution in [1.82, 2.24) is 15.5 Å². The lowest BCUT2D eigenvalue weighted by Crippen LogP contribution is -2.50. The van der Waals surface area contributed by atoms with Crippen molar-refractivity contribution in [2.45, 2.75) is 25.9 Å². The Bertz CT molecular complexity index is 624. The lowest BCUT2D eigenvalue weighted by Gasteiger charge is -2.20. The van der Waals surface area contributed by atoms with E-state index in [9.17, 15) is 4.79 Å². The van der Waals surface area contributed by atoms with E-state index in [1.54, 1.807) is 13.8 Å². The van der Waals surface area contributed by atoms with Crippen LogP contribution in [0.5, 0.6) is 0 Å². The normalized spacial score (nSPS) is 11.6. The van der Waals surface area contributed by atoms with Gasteiger partial charge in [-0.25, -0.2) is 0 Å². The average molecular weight is 339 g/mol. The highest BCUT2D eigenvalue weighted by molar-refractivity contribution is 9.10. The van der Waals surface area contributed by atoms with Crippen LogP contribution in [0.25, 0.3) is 11.5 Å². The number of nitrogens with one attached hydrogen (secondary N) is 1. The first-order chi connectivity index (χ1) is 9.40. The van der Waals surface area contributed by atoms with Crippen molar-refractivity contribution in [3.63, 3.8) is 0 Å². The molecule has 0 aliphatic rings. The van der Waals surface area contributed by atoms with Crippen molar-refractivity contribution < 1.29 is 9.21 Å². The highest BCUT2D eigenvalue weighted by Crippen LogP contribution is 2.26. The topological polar surface area (TPSA) is 94.0 Å². The lowest BCUT2D eigenvalue weighted by atomic mass is 10.1. The fourth-order valence-corrected chi connectivity index (χ4v) is 1.91. The number of halogens is 1. The van der Waals surface area contributed by atoms with Gasteiger partial charge in [0.05, 0.1) is 17.6 Å². The monoisotopic (exact) mass is 338 g/mol. The number of hydrogen-bond donors (Lipinski definition) is 2. The molecule has 1 aromatic heterocycles. The summed E-state index contributed by atoms with van der Waals surface area (Å²) in [5.74, 6) is 0.374. The van der Waals surface area contributed by atoms with E-state index in [2.05, 4.69) is 31.4 Å². The molecule has 6 nitrogen and oxygen atoms in total. The molecule has 0 atom stereocenters. The standard InChI is InChI=1S/C13H15BrN4O2/c1-13(2,12(15)19)16-7-10-17-18-11(20-10)8-5-3-4-6-9(8)14/h3-6,16H,7H2,1-2H3,(H2,15,19). The van der Waals surface area contributed by atoms with E-state index in [4.69, 9.17) is 10.2 Å². The van der Waals surface area contributed by atoms with Gasteiger partial charge in [0.25, 0.3) is 0 Å². The van der Waals surface area contributed by atoms with E-state index in [-0.39, 0.29) is 6.54 Å². The predicted octanol–water partition coefficient (Wildman–Crippen LogP) is 1.85. The molecule has 0 saturated heterocycles. The summed E-state index contributed by atoms with van der Waals surface area (Å²) in [7, 11) is 0. The molecule has 0 unspecified atom stereocenters. The molecule has 0 spiro atoms. The van der Waals surface area contributed by atoms with E-state index >= 15 is 0 Å². The number of hydrogen-bond acceptors (Lipinski definition) is 5. The maximum absolute atomic E-state index is 11.2. The van der Waals surface area contributed by atoms with E-state index in [1.807, 2.05) is 24.3 Å². The number of nitrogens with zero attached hydrogens (tertiary/aromatic N) is 2. The van der Waals surface area contributed by atoms with E-state index in [1.165, 1.54) is 0 Å². The Morgan fingerprint density at radius 2 is 2.10 bits per heavy atom. The Labute approximate surface area is 124 Å². The van der Waals surface area contributed by atoms with Gasteiger partial charge < -0.3 is 10.2 Å². The van der Waals surface area contributed by atoms with Gasteiger partial charge in [-0.15, -0.1) is 10.2 Å². The molecule has 1 amide bonds. The first kappa shape index (κ1) is 14.7. The van der Waals surface area contributed by atoms with Gasteiger partial charge in [0.15, 0.2) is 0 Å². The Balaban J connectivity index is 2.11. The largest absolute Gasteiger partial charge is 0.419 e. The van der Waals surface area contributed by atoms with E-state index in [0.717, 1.165) is 10.0 Å². The number of rotatable bonds is 5. The summed E-state index contributed by atoms with van der Waals surface area (Å²) in [5, 5.41) is 10.9. The Kier molecular flexibility index (Phi) is 4.20. The minimum atomic E-state index is -0.831. The molecule has 20 heavy (non-hydrogen) atoms. The fraction of sp³-hybridized carbons (Fsp3) is 0.308. The third-order valence-corrected chi connectivity index (χ3v) is 3.56. The molecule has 2 rings (SSSR count). The van der Waals surface area contributed by atoms with E-state index < -0.39 is 11.4 Å². The number of amides is 1. The summed E-state index contributed by atoms with van der Waals surface area (Å²) in [4.78, 5) is 11.2.